The molecule has 18 heavy (non-hydrogen) atoms. The van der Waals surface area contributed by atoms with E-state index < -0.39 is 16.2 Å². The molecule has 94 valence electrons. The zero-order chi connectivity index (χ0) is 13.6. The minimum absolute atomic E-state index is 0.00860. The predicted molar refractivity (Wildman–Crippen MR) is 66.1 cm³/mol. The second-order valence-corrected chi connectivity index (χ2v) is 5.00. The lowest BCUT2D eigenvalue weighted by molar-refractivity contribution is 0.271. The number of rotatable bonds is 5. The molecule has 6 nitrogen and oxygen atoms in total. The van der Waals surface area contributed by atoms with E-state index in [9.17, 15) is 8.42 Å². The third kappa shape index (κ3) is 3.79. The Hall–Kier alpha value is -2.00. The molecule has 0 N–H and O–H groups in total. The van der Waals surface area contributed by atoms with E-state index in [0.717, 1.165) is 5.56 Å². The van der Waals surface area contributed by atoms with Crippen LogP contribution in [0.25, 0.3) is 10.4 Å². The minimum Gasteiger partial charge on any atom is -0.250 e. The Kier molecular flexibility index (Phi) is 4.75. The Bertz CT molecular complexity index is 595. The van der Waals surface area contributed by atoms with Crippen molar-refractivity contribution in [3.8, 4) is 12.3 Å². The lowest BCUT2D eigenvalue weighted by atomic mass is 10.2. The maximum atomic E-state index is 11.8. The quantitative estimate of drug-likeness (QED) is 0.268. The summed E-state index contributed by atoms with van der Waals surface area (Å²) < 4.78 is 28.4. The van der Waals surface area contributed by atoms with Crippen molar-refractivity contribution in [3.05, 3.63) is 40.3 Å². The fourth-order valence-corrected chi connectivity index (χ4v) is 2.14. The molecular weight excluding hydrogens is 254 g/mol. The highest BCUT2D eigenvalue weighted by Crippen LogP contribution is 2.15. The summed E-state index contributed by atoms with van der Waals surface area (Å²) in [7, 11) is -3.94. The van der Waals surface area contributed by atoms with Crippen molar-refractivity contribution in [2.45, 2.75) is 17.9 Å². The Labute approximate surface area is 105 Å². The Balaban J connectivity index is 2.90. The average molecular weight is 265 g/mol. The van der Waals surface area contributed by atoms with Crippen molar-refractivity contribution in [3.63, 3.8) is 0 Å². The fraction of sp³-hybridized carbons (Fsp3) is 0.273. The van der Waals surface area contributed by atoms with E-state index in [1.54, 1.807) is 12.1 Å². The van der Waals surface area contributed by atoms with Gasteiger partial charge in [-0.25, -0.2) is 4.18 Å². The third-order valence-electron chi connectivity index (χ3n) is 2.05. The van der Waals surface area contributed by atoms with Crippen LogP contribution < -0.4 is 0 Å². The van der Waals surface area contributed by atoms with Crippen LogP contribution in [-0.2, 0) is 14.3 Å². The highest BCUT2D eigenvalue weighted by atomic mass is 32.2. The van der Waals surface area contributed by atoms with Gasteiger partial charge in [-0.15, -0.1) is 6.42 Å². The van der Waals surface area contributed by atoms with E-state index >= 15 is 0 Å². The lowest BCUT2D eigenvalue weighted by Gasteiger charge is -2.09. The summed E-state index contributed by atoms with van der Waals surface area (Å²) in [6.07, 6.45) is 4.00. The second kappa shape index (κ2) is 6.07. The summed E-state index contributed by atoms with van der Waals surface area (Å²) in [5.74, 6) is 2.11. The number of nitrogens with zero attached hydrogens (tertiary/aromatic N) is 3. The van der Waals surface area contributed by atoms with Gasteiger partial charge >= 0.3 is 0 Å². The molecule has 1 aromatic carbocycles. The smallest absolute Gasteiger partial charge is 0.250 e. The van der Waals surface area contributed by atoms with Crippen LogP contribution in [0.2, 0.25) is 0 Å². The van der Waals surface area contributed by atoms with Gasteiger partial charge in [0.1, 0.15) is 6.10 Å². The van der Waals surface area contributed by atoms with E-state index in [0.29, 0.717) is 0 Å². The number of azide groups is 1. The van der Waals surface area contributed by atoms with Crippen molar-refractivity contribution >= 4 is 10.1 Å². The molecular formula is C11H11N3O3S. The normalized spacial score (nSPS) is 12.2. The number of hydrogen-bond acceptors (Lipinski definition) is 4. The molecule has 0 aromatic heterocycles. The van der Waals surface area contributed by atoms with Gasteiger partial charge in [0.25, 0.3) is 10.1 Å². The molecule has 0 heterocycles. The molecule has 1 aromatic rings. The first-order chi connectivity index (χ1) is 8.49. The van der Waals surface area contributed by atoms with Crippen LogP contribution in [0, 0.1) is 19.3 Å². The third-order valence-corrected chi connectivity index (χ3v) is 3.38. The van der Waals surface area contributed by atoms with E-state index in [1.165, 1.54) is 12.1 Å². The molecule has 0 spiro atoms. The largest absolute Gasteiger partial charge is 0.298 e. The van der Waals surface area contributed by atoms with Gasteiger partial charge in [0.05, 0.1) is 11.4 Å². The highest BCUT2D eigenvalue weighted by Gasteiger charge is 2.19. The summed E-state index contributed by atoms with van der Waals surface area (Å²) in [5, 5.41) is 3.18. The van der Waals surface area contributed by atoms with Crippen LogP contribution in [0.4, 0.5) is 0 Å². The Morgan fingerprint density at radius 3 is 2.61 bits per heavy atom. The number of aryl methyl sites for hydroxylation is 1. The maximum absolute atomic E-state index is 11.8. The molecule has 0 saturated heterocycles. The zero-order valence-corrected chi connectivity index (χ0v) is 10.5. The molecule has 1 atom stereocenters. The molecule has 0 aliphatic carbocycles. The number of benzene rings is 1. The van der Waals surface area contributed by atoms with Gasteiger partial charge in [-0.1, -0.05) is 28.7 Å². The summed E-state index contributed by atoms with van der Waals surface area (Å²) in [6, 6.07) is 6.14. The zero-order valence-electron chi connectivity index (χ0n) is 9.65. The van der Waals surface area contributed by atoms with Crippen molar-refractivity contribution in [1.82, 2.24) is 0 Å². The van der Waals surface area contributed by atoms with Crippen LogP contribution in [-0.4, -0.2) is 21.1 Å². The lowest BCUT2D eigenvalue weighted by Crippen LogP contribution is -2.19. The van der Waals surface area contributed by atoms with Crippen LogP contribution >= 0.6 is 0 Å². The van der Waals surface area contributed by atoms with Gasteiger partial charge in [-0.3, -0.25) is 0 Å². The monoisotopic (exact) mass is 265 g/mol. The van der Waals surface area contributed by atoms with Crippen LogP contribution in [0.3, 0.4) is 0 Å². The molecule has 0 saturated carbocycles. The molecule has 0 aliphatic heterocycles. The fourth-order valence-electron chi connectivity index (χ4n) is 1.13. The van der Waals surface area contributed by atoms with E-state index in [2.05, 4.69) is 15.9 Å². The van der Waals surface area contributed by atoms with Gasteiger partial charge in [0.2, 0.25) is 0 Å². The first-order valence-corrected chi connectivity index (χ1v) is 6.37. The van der Waals surface area contributed by atoms with Crippen molar-refractivity contribution in [2.24, 2.45) is 5.11 Å². The Morgan fingerprint density at radius 1 is 1.50 bits per heavy atom. The van der Waals surface area contributed by atoms with Crippen LogP contribution in [0.1, 0.15) is 5.56 Å². The van der Waals surface area contributed by atoms with Crippen molar-refractivity contribution in [1.29, 1.82) is 0 Å². The SMILES string of the molecule is C#CC(CN=[N+]=[N-])OS(=O)(=O)c1ccc(C)cc1. The van der Waals surface area contributed by atoms with Crippen molar-refractivity contribution < 1.29 is 12.6 Å². The van der Waals surface area contributed by atoms with Crippen LogP contribution in [0.15, 0.2) is 34.3 Å². The van der Waals surface area contributed by atoms with Gasteiger partial charge in [0, 0.05) is 4.91 Å². The van der Waals surface area contributed by atoms with Gasteiger partial charge in [0.15, 0.2) is 0 Å². The highest BCUT2D eigenvalue weighted by molar-refractivity contribution is 7.86. The van der Waals surface area contributed by atoms with Gasteiger partial charge in [-0.05, 0) is 24.6 Å². The first kappa shape index (κ1) is 14.1. The molecule has 7 heteroatoms. The topological polar surface area (TPSA) is 92.1 Å². The van der Waals surface area contributed by atoms with Crippen molar-refractivity contribution in [2.75, 3.05) is 6.54 Å². The number of terminal acetylenes is 1. The average Bonchev–Trinajstić information content (AvgIpc) is 2.35. The Morgan fingerprint density at radius 2 is 2.11 bits per heavy atom. The maximum Gasteiger partial charge on any atom is 0.298 e. The molecule has 0 radical (unpaired) electrons. The summed E-state index contributed by atoms with van der Waals surface area (Å²) >= 11 is 0. The number of hydrogen-bond donors (Lipinski definition) is 0. The minimum atomic E-state index is -3.94. The summed E-state index contributed by atoms with van der Waals surface area (Å²) in [6.45, 7) is 1.60. The predicted octanol–water partition coefficient (Wildman–Crippen LogP) is 2.01. The molecule has 0 fully saturated rings. The standard InChI is InChI=1S/C11H11N3O3S/c1-3-10(8-13-14-12)17-18(15,16)11-6-4-9(2)5-7-11/h1,4-7,10H,8H2,2H3. The van der Waals surface area contributed by atoms with Gasteiger partial charge in [-0.2, -0.15) is 8.42 Å². The van der Waals surface area contributed by atoms with E-state index in [4.69, 9.17) is 16.1 Å². The summed E-state index contributed by atoms with van der Waals surface area (Å²) in [5.41, 5.74) is 9.07. The molecule has 0 bridgehead atoms. The molecule has 1 rings (SSSR count). The van der Waals surface area contributed by atoms with E-state index in [-0.39, 0.29) is 11.4 Å². The second-order valence-electron chi connectivity index (χ2n) is 3.43. The molecule has 1 unspecified atom stereocenters. The molecule has 0 amide bonds. The first-order valence-electron chi connectivity index (χ1n) is 4.96. The van der Waals surface area contributed by atoms with Crippen LogP contribution in [0.5, 0.6) is 0 Å². The molecule has 0 aliphatic rings. The van der Waals surface area contributed by atoms with E-state index in [1.807, 2.05) is 6.92 Å². The summed E-state index contributed by atoms with van der Waals surface area (Å²) in [4.78, 5) is 2.50. The van der Waals surface area contributed by atoms with Gasteiger partial charge < -0.3 is 0 Å².